The van der Waals surface area contributed by atoms with Crippen molar-refractivity contribution in [3.05, 3.63) is 71.9 Å². The molecule has 0 fully saturated rings. The molecule has 4 N–H and O–H groups in total. The molecule has 0 saturated carbocycles. The number of aliphatic carboxylic acids is 1. The van der Waals surface area contributed by atoms with Crippen LogP contribution in [0.15, 0.2) is 60.8 Å². The third-order valence-corrected chi connectivity index (χ3v) is 5.38. The van der Waals surface area contributed by atoms with E-state index in [1.807, 2.05) is 61.5 Å². The molecule has 0 aliphatic rings. The molecule has 0 spiro atoms. The Hall–Kier alpha value is -3.81. The first-order valence-corrected chi connectivity index (χ1v) is 11.0. The number of aromatic nitrogens is 1. The standard InChI is InChI=1S/C25H29N3O5/c1-2-3-12-21(28-25(32)33-16-17-9-5-4-6-10-17)23(29)27-22(24(30)31)14-18-15-26-20-13-8-7-11-19(18)20/h4-11,13,15,21-22,26H,2-3,12,14,16H2,1H3,(H,27,29)(H,28,32)(H,30,31)/t21-,22-/m1/s1. The van der Waals surface area contributed by atoms with E-state index in [0.29, 0.717) is 12.8 Å². The summed E-state index contributed by atoms with van der Waals surface area (Å²) in [6, 6.07) is 14.7. The van der Waals surface area contributed by atoms with Gasteiger partial charge in [0, 0.05) is 23.5 Å². The number of hydrogen-bond acceptors (Lipinski definition) is 4. The minimum Gasteiger partial charge on any atom is -0.480 e. The van der Waals surface area contributed by atoms with Gasteiger partial charge in [-0.15, -0.1) is 0 Å². The second-order valence-corrected chi connectivity index (χ2v) is 7.86. The largest absolute Gasteiger partial charge is 0.480 e. The number of hydrogen-bond donors (Lipinski definition) is 4. The fraction of sp³-hybridized carbons (Fsp3) is 0.320. The third kappa shape index (κ3) is 6.83. The number of benzene rings is 2. The first kappa shape index (κ1) is 23.8. The smallest absolute Gasteiger partial charge is 0.408 e. The fourth-order valence-electron chi connectivity index (χ4n) is 3.58. The fourth-order valence-corrected chi connectivity index (χ4v) is 3.58. The number of carbonyl (C=O) groups excluding carboxylic acids is 2. The Morgan fingerprint density at radius 3 is 2.45 bits per heavy atom. The number of ether oxygens (including phenoxy) is 1. The Labute approximate surface area is 192 Å². The molecule has 0 saturated heterocycles. The van der Waals surface area contributed by atoms with E-state index >= 15 is 0 Å². The molecule has 0 aliphatic carbocycles. The van der Waals surface area contributed by atoms with E-state index in [9.17, 15) is 19.5 Å². The van der Waals surface area contributed by atoms with E-state index in [4.69, 9.17) is 4.74 Å². The molecule has 174 valence electrons. The zero-order valence-electron chi connectivity index (χ0n) is 18.5. The first-order valence-electron chi connectivity index (χ1n) is 11.0. The molecule has 33 heavy (non-hydrogen) atoms. The Balaban J connectivity index is 1.63. The number of rotatable bonds is 11. The van der Waals surface area contributed by atoms with Crippen molar-refractivity contribution in [3.63, 3.8) is 0 Å². The molecule has 2 atom stereocenters. The van der Waals surface area contributed by atoms with Crippen LogP contribution in [0.1, 0.15) is 37.3 Å². The Kier molecular flexibility index (Phi) is 8.46. The lowest BCUT2D eigenvalue weighted by Gasteiger charge is -2.21. The van der Waals surface area contributed by atoms with Gasteiger partial charge in [-0.25, -0.2) is 9.59 Å². The maximum atomic E-state index is 12.9. The van der Waals surface area contributed by atoms with E-state index < -0.39 is 30.1 Å². The summed E-state index contributed by atoms with van der Waals surface area (Å²) < 4.78 is 5.22. The zero-order chi connectivity index (χ0) is 23.6. The summed E-state index contributed by atoms with van der Waals surface area (Å²) in [6.45, 7) is 2.05. The third-order valence-electron chi connectivity index (χ3n) is 5.38. The number of carbonyl (C=O) groups is 3. The summed E-state index contributed by atoms with van der Waals surface area (Å²) in [6.07, 6.45) is 3.03. The predicted molar refractivity (Wildman–Crippen MR) is 125 cm³/mol. The average Bonchev–Trinajstić information content (AvgIpc) is 3.23. The number of aromatic amines is 1. The van der Waals surface area contributed by atoms with Gasteiger partial charge in [-0.2, -0.15) is 0 Å². The summed E-state index contributed by atoms with van der Waals surface area (Å²) in [7, 11) is 0. The van der Waals surface area contributed by atoms with Crippen LogP contribution in [0.5, 0.6) is 0 Å². The highest BCUT2D eigenvalue weighted by Crippen LogP contribution is 2.19. The Morgan fingerprint density at radius 2 is 1.73 bits per heavy atom. The van der Waals surface area contributed by atoms with Crippen molar-refractivity contribution in [2.75, 3.05) is 0 Å². The predicted octanol–water partition coefficient (Wildman–Crippen LogP) is 3.77. The zero-order valence-corrected chi connectivity index (χ0v) is 18.5. The van der Waals surface area contributed by atoms with Gasteiger partial charge in [0.1, 0.15) is 18.7 Å². The number of alkyl carbamates (subject to hydrolysis) is 1. The maximum absolute atomic E-state index is 12.9. The molecular weight excluding hydrogens is 422 g/mol. The van der Waals surface area contributed by atoms with Crippen molar-refractivity contribution in [1.29, 1.82) is 0 Å². The second-order valence-electron chi connectivity index (χ2n) is 7.86. The van der Waals surface area contributed by atoms with Crippen LogP contribution in [0, 0.1) is 0 Å². The van der Waals surface area contributed by atoms with Crippen molar-refractivity contribution >= 4 is 28.9 Å². The molecule has 3 rings (SSSR count). The van der Waals surface area contributed by atoms with Crippen LogP contribution in [-0.4, -0.2) is 40.1 Å². The van der Waals surface area contributed by atoms with Crippen LogP contribution in [0.2, 0.25) is 0 Å². The van der Waals surface area contributed by atoms with Gasteiger partial charge < -0.3 is 25.5 Å². The van der Waals surface area contributed by atoms with Crippen molar-refractivity contribution in [2.45, 2.75) is 51.3 Å². The van der Waals surface area contributed by atoms with Gasteiger partial charge in [-0.3, -0.25) is 4.79 Å². The minimum atomic E-state index is -1.14. The number of carboxylic acid groups (broad SMARTS) is 1. The number of para-hydroxylation sites is 1. The lowest BCUT2D eigenvalue weighted by molar-refractivity contribution is -0.142. The molecule has 0 unspecified atom stereocenters. The minimum absolute atomic E-state index is 0.0765. The van der Waals surface area contributed by atoms with E-state index in [0.717, 1.165) is 28.5 Å². The van der Waals surface area contributed by atoms with E-state index in [1.165, 1.54) is 0 Å². The molecule has 0 radical (unpaired) electrons. The van der Waals surface area contributed by atoms with Gasteiger partial charge in [-0.1, -0.05) is 68.3 Å². The van der Waals surface area contributed by atoms with E-state index in [-0.39, 0.29) is 13.0 Å². The van der Waals surface area contributed by atoms with Gasteiger partial charge in [0.05, 0.1) is 0 Å². The van der Waals surface area contributed by atoms with Crippen LogP contribution < -0.4 is 10.6 Å². The molecule has 2 amide bonds. The van der Waals surface area contributed by atoms with Crippen LogP contribution in [-0.2, 0) is 27.4 Å². The second kappa shape index (κ2) is 11.7. The van der Waals surface area contributed by atoms with E-state index in [1.54, 1.807) is 6.20 Å². The quantitative estimate of drug-likeness (QED) is 0.354. The van der Waals surface area contributed by atoms with Gasteiger partial charge in [0.2, 0.25) is 5.91 Å². The number of amides is 2. The summed E-state index contributed by atoms with van der Waals surface area (Å²) >= 11 is 0. The van der Waals surface area contributed by atoms with Gasteiger partial charge >= 0.3 is 12.1 Å². The highest BCUT2D eigenvalue weighted by molar-refractivity contribution is 5.90. The normalized spacial score (nSPS) is 12.6. The SMILES string of the molecule is CCCC[C@@H](NC(=O)OCc1ccccc1)C(=O)N[C@H](Cc1c[nH]c2ccccc12)C(=O)O. The van der Waals surface area contributed by atoms with Gasteiger partial charge in [0.25, 0.3) is 0 Å². The lowest BCUT2D eigenvalue weighted by atomic mass is 10.0. The first-order chi connectivity index (χ1) is 16.0. The van der Waals surface area contributed by atoms with Crippen LogP contribution >= 0.6 is 0 Å². The molecule has 8 nitrogen and oxygen atoms in total. The van der Waals surface area contributed by atoms with Crippen LogP contribution in [0.3, 0.4) is 0 Å². The topological polar surface area (TPSA) is 121 Å². The number of unbranched alkanes of at least 4 members (excludes halogenated alkanes) is 1. The van der Waals surface area contributed by atoms with Crippen LogP contribution in [0.25, 0.3) is 10.9 Å². The van der Waals surface area contributed by atoms with Gasteiger partial charge in [-0.05, 0) is 23.6 Å². The summed E-state index contributed by atoms with van der Waals surface area (Å²) in [5, 5.41) is 15.8. The Morgan fingerprint density at radius 1 is 1.00 bits per heavy atom. The number of nitrogens with one attached hydrogen (secondary N) is 3. The number of H-pyrrole nitrogens is 1. The monoisotopic (exact) mass is 451 g/mol. The van der Waals surface area contributed by atoms with Crippen LogP contribution in [0.4, 0.5) is 4.79 Å². The summed E-state index contributed by atoms with van der Waals surface area (Å²) in [5.41, 5.74) is 2.51. The summed E-state index contributed by atoms with van der Waals surface area (Å²) in [5.74, 6) is -1.69. The van der Waals surface area contributed by atoms with Gasteiger partial charge in [0.15, 0.2) is 0 Å². The average molecular weight is 452 g/mol. The number of fused-ring (bicyclic) bond motifs is 1. The molecule has 8 heteroatoms. The van der Waals surface area contributed by atoms with Crippen molar-refractivity contribution in [1.82, 2.24) is 15.6 Å². The van der Waals surface area contributed by atoms with E-state index in [2.05, 4.69) is 15.6 Å². The molecule has 1 aromatic heterocycles. The maximum Gasteiger partial charge on any atom is 0.408 e. The number of carboxylic acids is 1. The van der Waals surface area contributed by atoms with Crippen molar-refractivity contribution in [3.8, 4) is 0 Å². The van der Waals surface area contributed by atoms with Crippen molar-refractivity contribution in [2.24, 2.45) is 0 Å². The molecule has 0 bridgehead atoms. The molecule has 0 aliphatic heterocycles. The highest BCUT2D eigenvalue weighted by atomic mass is 16.5. The molecule has 2 aromatic carbocycles. The lowest BCUT2D eigenvalue weighted by Crippen LogP contribution is -2.52. The highest BCUT2D eigenvalue weighted by Gasteiger charge is 2.27. The molecule has 3 aromatic rings. The van der Waals surface area contributed by atoms with Crippen molar-refractivity contribution < 1.29 is 24.2 Å². The Bertz CT molecular complexity index is 1080. The molecular formula is C25H29N3O5. The molecule has 1 heterocycles. The summed E-state index contributed by atoms with van der Waals surface area (Å²) in [4.78, 5) is 40.2.